The van der Waals surface area contributed by atoms with E-state index in [1.807, 2.05) is 0 Å². The molecule has 2 rings (SSSR count). The third-order valence-electron chi connectivity index (χ3n) is 2.95. The molecule has 4 nitrogen and oxygen atoms in total. The van der Waals surface area contributed by atoms with Crippen molar-refractivity contribution in [2.45, 2.75) is 13.1 Å². The van der Waals surface area contributed by atoms with Gasteiger partial charge in [0, 0.05) is 5.69 Å². The van der Waals surface area contributed by atoms with Gasteiger partial charge < -0.3 is 10.1 Å². The zero-order chi connectivity index (χ0) is 15.8. The van der Waals surface area contributed by atoms with Crippen LogP contribution in [0.1, 0.15) is 21.5 Å². The fraction of sp³-hybridized carbons (Fsp3) is 0.143. The third-order valence-corrected chi connectivity index (χ3v) is 2.95. The van der Waals surface area contributed by atoms with Crippen LogP contribution in [0.15, 0.2) is 35.1 Å². The average molecular weight is 297 g/mol. The Balaban J connectivity index is 2.59. The van der Waals surface area contributed by atoms with Gasteiger partial charge in [-0.05, 0) is 36.2 Å². The average Bonchev–Trinajstić information content (AvgIpc) is 2.36. The predicted molar refractivity (Wildman–Crippen MR) is 69.2 cm³/mol. The van der Waals surface area contributed by atoms with Crippen LogP contribution >= 0.6 is 0 Å². The molecule has 110 valence electrons. The first-order valence-electron chi connectivity index (χ1n) is 5.85. The second-order valence-corrected chi connectivity index (χ2v) is 4.45. The number of aromatic amines is 1. The molecular formula is C14H10F3NO3. The lowest BCUT2D eigenvalue weighted by atomic mass is 10.0. The first-order valence-corrected chi connectivity index (χ1v) is 5.85. The molecule has 0 bridgehead atoms. The molecule has 7 heteroatoms. The molecule has 0 saturated carbocycles. The molecule has 1 heterocycles. The van der Waals surface area contributed by atoms with E-state index < -0.39 is 28.8 Å². The van der Waals surface area contributed by atoms with E-state index in [9.17, 15) is 22.8 Å². The third kappa shape index (κ3) is 2.96. The van der Waals surface area contributed by atoms with Crippen molar-refractivity contribution in [3.63, 3.8) is 0 Å². The van der Waals surface area contributed by atoms with Crippen molar-refractivity contribution in [3.8, 4) is 11.3 Å². The SMILES string of the molecule is Cc1cc(-c2cccc(C(F)(F)F)c2)[nH]c(=O)c1C(=O)O. The van der Waals surface area contributed by atoms with Crippen LogP contribution in [0.4, 0.5) is 13.2 Å². The summed E-state index contributed by atoms with van der Waals surface area (Å²) in [6.45, 7) is 1.41. The molecule has 1 aromatic carbocycles. The van der Waals surface area contributed by atoms with E-state index in [0.29, 0.717) is 0 Å². The zero-order valence-electron chi connectivity index (χ0n) is 10.8. The Morgan fingerprint density at radius 1 is 1.24 bits per heavy atom. The number of carboxylic acid groups (broad SMARTS) is 1. The van der Waals surface area contributed by atoms with Gasteiger partial charge in [-0.1, -0.05) is 12.1 Å². The number of pyridine rings is 1. The highest BCUT2D eigenvalue weighted by Gasteiger charge is 2.30. The van der Waals surface area contributed by atoms with Crippen molar-refractivity contribution in [2.75, 3.05) is 0 Å². The lowest BCUT2D eigenvalue weighted by Gasteiger charge is -2.10. The Kier molecular flexibility index (Phi) is 3.59. The summed E-state index contributed by atoms with van der Waals surface area (Å²) in [5.74, 6) is -1.38. The topological polar surface area (TPSA) is 70.2 Å². The molecule has 0 aliphatic rings. The van der Waals surface area contributed by atoms with Crippen LogP contribution in [0.5, 0.6) is 0 Å². The van der Waals surface area contributed by atoms with Crippen molar-refractivity contribution in [1.82, 2.24) is 4.98 Å². The number of H-pyrrole nitrogens is 1. The summed E-state index contributed by atoms with van der Waals surface area (Å²) in [7, 11) is 0. The Bertz CT molecular complexity index is 763. The highest BCUT2D eigenvalue weighted by molar-refractivity contribution is 5.89. The Morgan fingerprint density at radius 3 is 2.43 bits per heavy atom. The molecule has 0 radical (unpaired) electrons. The van der Waals surface area contributed by atoms with E-state index >= 15 is 0 Å². The monoisotopic (exact) mass is 297 g/mol. The molecule has 0 fully saturated rings. The van der Waals surface area contributed by atoms with Crippen LogP contribution in [-0.4, -0.2) is 16.1 Å². The lowest BCUT2D eigenvalue weighted by Crippen LogP contribution is -2.19. The number of rotatable bonds is 2. The molecule has 21 heavy (non-hydrogen) atoms. The van der Waals surface area contributed by atoms with Crippen LogP contribution in [0.25, 0.3) is 11.3 Å². The van der Waals surface area contributed by atoms with E-state index in [1.165, 1.54) is 25.1 Å². The van der Waals surface area contributed by atoms with Gasteiger partial charge in [-0.15, -0.1) is 0 Å². The van der Waals surface area contributed by atoms with Crippen molar-refractivity contribution in [1.29, 1.82) is 0 Å². The van der Waals surface area contributed by atoms with Gasteiger partial charge in [-0.3, -0.25) is 4.79 Å². The molecule has 0 aliphatic heterocycles. The molecule has 0 aliphatic carbocycles. The first kappa shape index (κ1) is 14.8. The van der Waals surface area contributed by atoms with E-state index in [-0.39, 0.29) is 16.8 Å². The molecular weight excluding hydrogens is 287 g/mol. The van der Waals surface area contributed by atoms with Crippen LogP contribution in [0.3, 0.4) is 0 Å². The minimum atomic E-state index is -4.49. The summed E-state index contributed by atoms with van der Waals surface area (Å²) >= 11 is 0. The molecule has 0 atom stereocenters. The van der Waals surface area contributed by atoms with Gasteiger partial charge in [0.2, 0.25) is 0 Å². The molecule has 1 aromatic heterocycles. The fourth-order valence-corrected chi connectivity index (χ4v) is 1.97. The number of halogens is 3. The van der Waals surface area contributed by atoms with Gasteiger partial charge in [0.25, 0.3) is 5.56 Å². The standard InChI is InChI=1S/C14H10F3NO3/c1-7-5-10(18-12(19)11(7)13(20)21)8-3-2-4-9(6-8)14(15,16)17/h2-6H,1H3,(H,18,19)(H,20,21). The van der Waals surface area contributed by atoms with Gasteiger partial charge in [0.05, 0.1) is 5.56 Å². The number of aryl methyl sites for hydroxylation is 1. The first-order chi connectivity index (χ1) is 9.70. The molecule has 0 amide bonds. The molecule has 0 spiro atoms. The van der Waals surface area contributed by atoms with Gasteiger partial charge >= 0.3 is 12.1 Å². The Labute approximate surface area is 116 Å². The maximum atomic E-state index is 12.7. The summed E-state index contributed by atoms with van der Waals surface area (Å²) in [5, 5.41) is 8.89. The number of aromatic carboxylic acids is 1. The van der Waals surface area contributed by atoms with Crippen LogP contribution in [0, 0.1) is 6.92 Å². The lowest BCUT2D eigenvalue weighted by molar-refractivity contribution is -0.137. The highest BCUT2D eigenvalue weighted by Crippen LogP contribution is 2.31. The molecule has 2 aromatic rings. The summed E-state index contributed by atoms with van der Waals surface area (Å²) < 4.78 is 38.0. The number of benzene rings is 1. The highest BCUT2D eigenvalue weighted by atomic mass is 19.4. The minimum absolute atomic E-state index is 0.133. The smallest absolute Gasteiger partial charge is 0.416 e. The molecule has 0 unspecified atom stereocenters. The fourth-order valence-electron chi connectivity index (χ4n) is 1.97. The van der Waals surface area contributed by atoms with E-state index in [4.69, 9.17) is 5.11 Å². The normalized spacial score (nSPS) is 11.4. The van der Waals surface area contributed by atoms with E-state index in [2.05, 4.69) is 4.98 Å². The maximum Gasteiger partial charge on any atom is 0.416 e. The van der Waals surface area contributed by atoms with Crippen molar-refractivity contribution in [2.24, 2.45) is 0 Å². The van der Waals surface area contributed by atoms with Gasteiger partial charge in [-0.25, -0.2) is 4.79 Å². The molecule has 0 saturated heterocycles. The van der Waals surface area contributed by atoms with E-state index in [1.54, 1.807) is 0 Å². The van der Waals surface area contributed by atoms with Gasteiger partial charge in [0.1, 0.15) is 5.56 Å². The Morgan fingerprint density at radius 2 is 1.90 bits per heavy atom. The largest absolute Gasteiger partial charge is 0.477 e. The van der Waals surface area contributed by atoms with Crippen LogP contribution in [-0.2, 0) is 6.18 Å². The number of carboxylic acids is 1. The summed E-state index contributed by atoms with van der Waals surface area (Å²) in [4.78, 5) is 24.9. The van der Waals surface area contributed by atoms with E-state index in [0.717, 1.165) is 12.1 Å². The number of hydrogen-bond acceptors (Lipinski definition) is 2. The van der Waals surface area contributed by atoms with Crippen LogP contribution < -0.4 is 5.56 Å². The van der Waals surface area contributed by atoms with Crippen LogP contribution in [0.2, 0.25) is 0 Å². The number of hydrogen-bond donors (Lipinski definition) is 2. The number of carbonyl (C=O) groups is 1. The molecule has 2 N–H and O–H groups in total. The minimum Gasteiger partial charge on any atom is -0.477 e. The van der Waals surface area contributed by atoms with Crippen molar-refractivity contribution in [3.05, 3.63) is 57.4 Å². The van der Waals surface area contributed by atoms with Gasteiger partial charge in [0.15, 0.2) is 0 Å². The second kappa shape index (κ2) is 5.08. The predicted octanol–water partition coefficient (Wildman–Crippen LogP) is 3.07. The van der Waals surface area contributed by atoms with Gasteiger partial charge in [-0.2, -0.15) is 13.2 Å². The number of alkyl halides is 3. The maximum absolute atomic E-state index is 12.7. The second-order valence-electron chi connectivity index (χ2n) is 4.45. The summed E-state index contributed by atoms with van der Waals surface area (Å²) in [5.41, 5.74) is -1.66. The zero-order valence-corrected chi connectivity index (χ0v) is 10.8. The van der Waals surface area contributed by atoms with Crippen molar-refractivity contribution >= 4 is 5.97 Å². The quantitative estimate of drug-likeness (QED) is 0.895. The summed E-state index contributed by atoms with van der Waals surface area (Å²) in [6.07, 6.45) is -4.49. The Hall–Kier alpha value is -2.57. The number of nitrogens with one attached hydrogen (secondary N) is 1. The number of aromatic nitrogens is 1. The van der Waals surface area contributed by atoms with Crippen molar-refractivity contribution < 1.29 is 23.1 Å². The summed E-state index contributed by atoms with van der Waals surface area (Å²) in [6, 6.07) is 5.77.